The molecule has 0 fully saturated rings. The molecule has 6 nitrogen and oxygen atoms in total. The molecule has 0 aromatic heterocycles. The first-order chi connectivity index (χ1) is 32.5. The number of nitrogens with one attached hydrogen (secondary N) is 1. The highest BCUT2D eigenvalue weighted by molar-refractivity contribution is 5.80. The van der Waals surface area contributed by atoms with Gasteiger partial charge >= 0.3 is 0 Å². The van der Waals surface area contributed by atoms with E-state index in [9.17, 15) is 25.2 Å². The number of carbonyl (C=O) groups excluding carboxylic acids is 1. The Hall–Kier alpha value is -1.73. The zero-order chi connectivity index (χ0) is 48.1. The van der Waals surface area contributed by atoms with E-state index in [2.05, 4.69) is 67.8 Å². The van der Waals surface area contributed by atoms with Crippen LogP contribution in [0.1, 0.15) is 296 Å². The Bertz CT molecular complexity index is 1090. The van der Waals surface area contributed by atoms with Gasteiger partial charge in [-0.3, -0.25) is 4.79 Å². The van der Waals surface area contributed by atoms with Gasteiger partial charge in [0.2, 0.25) is 5.91 Å². The van der Waals surface area contributed by atoms with Crippen LogP contribution in [0.3, 0.4) is 0 Å². The number of amides is 1. The summed E-state index contributed by atoms with van der Waals surface area (Å²) in [6, 6.07) is -1.01. The molecule has 0 saturated carbocycles. The molecule has 0 aromatic carbocycles. The number of allylic oxidation sites excluding steroid dienone is 8. The molecule has 1 amide bonds. The molecule has 0 heterocycles. The third-order valence-corrected chi connectivity index (χ3v) is 13.5. The summed E-state index contributed by atoms with van der Waals surface area (Å²) in [6.07, 6.45) is 69.0. The van der Waals surface area contributed by atoms with Gasteiger partial charge in [0.05, 0.1) is 18.8 Å². The third kappa shape index (κ3) is 47.3. The van der Waals surface area contributed by atoms with Crippen molar-refractivity contribution in [3.8, 4) is 0 Å². The largest absolute Gasteiger partial charge is 0.394 e. The first-order valence-corrected chi connectivity index (χ1v) is 29.0. The minimum Gasteiger partial charge on any atom is -0.394 e. The summed E-state index contributed by atoms with van der Waals surface area (Å²) in [5, 5.41) is 44.0. The second-order valence-electron chi connectivity index (χ2n) is 20.0. The summed E-state index contributed by atoms with van der Waals surface area (Å²) in [7, 11) is 0. The summed E-state index contributed by atoms with van der Waals surface area (Å²) in [5.41, 5.74) is 0. The van der Waals surface area contributed by atoms with E-state index in [1.54, 1.807) is 0 Å². The van der Waals surface area contributed by atoms with E-state index in [0.717, 1.165) is 51.4 Å². The number of aliphatic hydroxyl groups is 4. The molecule has 0 radical (unpaired) electrons. The monoisotopic (exact) mass is 928 g/mol. The van der Waals surface area contributed by atoms with Crippen LogP contribution in [0.2, 0.25) is 0 Å². The second-order valence-corrected chi connectivity index (χ2v) is 20.0. The average molecular weight is 929 g/mol. The van der Waals surface area contributed by atoms with Crippen LogP contribution in [0.4, 0.5) is 0 Å². The maximum Gasteiger partial charge on any atom is 0.249 e. The third-order valence-electron chi connectivity index (χ3n) is 13.5. The highest BCUT2D eigenvalue weighted by atomic mass is 16.3. The maximum absolute atomic E-state index is 12.6. The van der Waals surface area contributed by atoms with Crippen molar-refractivity contribution in [3.05, 3.63) is 48.6 Å². The van der Waals surface area contributed by atoms with E-state index in [1.807, 2.05) is 0 Å². The van der Waals surface area contributed by atoms with E-state index in [-0.39, 0.29) is 0 Å². The number of rotatable bonds is 53. The lowest BCUT2D eigenvalue weighted by Crippen LogP contribution is -2.53. The van der Waals surface area contributed by atoms with Crippen LogP contribution in [0.15, 0.2) is 48.6 Å². The van der Waals surface area contributed by atoms with Crippen LogP contribution in [-0.2, 0) is 4.79 Å². The van der Waals surface area contributed by atoms with Gasteiger partial charge < -0.3 is 25.7 Å². The van der Waals surface area contributed by atoms with Crippen molar-refractivity contribution in [1.82, 2.24) is 5.32 Å². The lowest BCUT2D eigenvalue weighted by atomic mass is 10.00. The predicted octanol–water partition coefficient (Wildman–Crippen LogP) is 17.0. The average Bonchev–Trinajstić information content (AvgIpc) is 3.32. The summed E-state index contributed by atoms with van der Waals surface area (Å²) in [5.74, 6) is -0.597. The van der Waals surface area contributed by atoms with Crippen LogP contribution in [0.25, 0.3) is 0 Å². The smallest absolute Gasteiger partial charge is 0.249 e. The number of hydrogen-bond donors (Lipinski definition) is 5. The van der Waals surface area contributed by atoms with E-state index in [4.69, 9.17) is 0 Å². The lowest BCUT2D eigenvalue weighted by molar-refractivity contribution is -0.132. The van der Waals surface area contributed by atoms with Crippen molar-refractivity contribution in [2.75, 3.05) is 6.61 Å². The predicted molar refractivity (Wildman–Crippen MR) is 288 cm³/mol. The van der Waals surface area contributed by atoms with Crippen molar-refractivity contribution in [2.45, 2.75) is 321 Å². The minimum absolute atomic E-state index is 0.358. The van der Waals surface area contributed by atoms with Crippen molar-refractivity contribution in [3.63, 3.8) is 0 Å². The fourth-order valence-corrected chi connectivity index (χ4v) is 8.90. The zero-order valence-corrected chi connectivity index (χ0v) is 43.9. The molecule has 0 spiro atoms. The first kappa shape index (κ1) is 64.3. The zero-order valence-electron chi connectivity index (χ0n) is 43.9. The Morgan fingerprint density at radius 2 is 0.636 bits per heavy atom. The van der Waals surface area contributed by atoms with Gasteiger partial charge in [-0.15, -0.1) is 0 Å². The van der Waals surface area contributed by atoms with Gasteiger partial charge in [0.1, 0.15) is 12.2 Å². The Kier molecular flexibility index (Phi) is 52.8. The van der Waals surface area contributed by atoms with Gasteiger partial charge in [-0.1, -0.05) is 255 Å². The quantitative estimate of drug-likeness (QED) is 0.0308. The maximum atomic E-state index is 12.6. The van der Waals surface area contributed by atoms with E-state index >= 15 is 0 Å². The van der Waals surface area contributed by atoms with E-state index in [1.165, 1.54) is 212 Å². The number of carbonyl (C=O) groups is 1. The molecular formula is C60H113NO5. The fourth-order valence-electron chi connectivity index (χ4n) is 8.90. The first-order valence-electron chi connectivity index (χ1n) is 29.0. The number of aliphatic hydroxyl groups excluding tert-OH is 4. The minimum atomic E-state index is -1.30. The summed E-state index contributed by atoms with van der Waals surface area (Å²) >= 11 is 0. The van der Waals surface area contributed by atoms with Crippen molar-refractivity contribution in [2.24, 2.45) is 0 Å². The van der Waals surface area contributed by atoms with Crippen LogP contribution in [-0.4, -0.2) is 57.3 Å². The molecule has 0 aliphatic rings. The Balaban J connectivity index is 3.67. The summed E-state index contributed by atoms with van der Waals surface area (Å²) < 4.78 is 0. The topological polar surface area (TPSA) is 110 Å². The van der Waals surface area contributed by atoms with Crippen molar-refractivity contribution < 1.29 is 25.2 Å². The summed E-state index contributed by atoms with van der Waals surface area (Å²) in [4.78, 5) is 12.6. The Labute approximate surface area is 410 Å². The molecular weight excluding hydrogens is 815 g/mol. The normalized spacial score (nSPS) is 14.1. The van der Waals surface area contributed by atoms with Gasteiger partial charge in [0.15, 0.2) is 0 Å². The molecule has 0 aliphatic heterocycles. The molecule has 4 atom stereocenters. The molecule has 388 valence electrons. The molecule has 66 heavy (non-hydrogen) atoms. The fraction of sp³-hybridized carbons (Fsp3) is 0.850. The summed E-state index contributed by atoms with van der Waals surface area (Å²) in [6.45, 7) is 4.06. The molecule has 0 saturated heterocycles. The molecule has 0 aromatic rings. The molecule has 0 rings (SSSR count). The van der Waals surface area contributed by atoms with Crippen LogP contribution >= 0.6 is 0 Å². The number of hydrogen-bond acceptors (Lipinski definition) is 5. The Morgan fingerprint density at radius 3 is 0.955 bits per heavy atom. The van der Waals surface area contributed by atoms with Crippen molar-refractivity contribution >= 4 is 5.91 Å². The standard InChI is InChI=1S/C60H113NO5/c1-3-5-7-9-11-13-15-17-19-21-23-25-26-27-28-29-30-31-32-34-36-38-40-42-44-46-48-50-52-54-58(64)60(66)61-56(55-62)59(65)57(63)53-51-49-47-45-43-41-39-37-35-33-24-22-20-18-16-14-12-10-8-6-4-2/h22,24,27-28,37,39,45,47,56-59,62-65H,3-21,23,25-26,29-36,38,40-44,46,48-55H2,1-2H3,(H,61,66)/b24-22+,28-27-,39-37+,47-45+. The van der Waals surface area contributed by atoms with Gasteiger partial charge in [0.25, 0.3) is 0 Å². The number of unbranched alkanes of at least 4 members (excludes halogenated alkanes) is 36. The highest BCUT2D eigenvalue weighted by Crippen LogP contribution is 2.17. The molecule has 6 heteroatoms. The van der Waals surface area contributed by atoms with Gasteiger partial charge in [-0.2, -0.15) is 0 Å². The van der Waals surface area contributed by atoms with Crippen LogP contribution in [0.5, 0.6) is 0 Å². The van der Waals surface area contributed by atoms with Crippen LogP contribution < -0.4 is 5.32 Å². The molecule has 0 bridgehead atoms. The van der Waals surface area contributed by atoms with Crippen molar-refractivity contribution in [1.29, 1.82) is 0 Å². The van der Waals surface area contributed by atoms with Gasteiger partial charge in [-0.05, 0) is 89.9 Å². The van der Waals surface area contributed by atoms with Gasteiger partial charge in [-0.25, -0.2) is 0 Å². The van der Waals surface area contributed by atoms with E-state index in [0.29, 0.717) is 19.3 Å². The molecule has 0 aliphatic carbocycles. The SMILES string of the molecule is CCCCCCCCCC/C=C/CC/C=C/CC/C=C/CCCC(O)C(O)C(CO)NC(=O)C(O)CCCCCCCCCCCCCCC/C=C\CCCCCCCCCCCCCC. The molecule has 5 N–H and O–H groups in total. The lowest BCUT2D eigenvalue weighted by Gasteiger charge is -2.27. The Morgan fingerprint density at radius 1 is 0.364 bits per heavy atom. The van der Waals surface area contributed by atoms with E-state index < -0.39 is 36.9 Å². The van der Waals surface area contributed by atoms with Crippen LogP contribution in [0, 0.1) is 0 Å². The molecule has 4 unspecified atom stereocenters. The second kappa shape index (κ2) is 54.2. The van der Waals surface area contributed by atoms with Gasteiger partial charge in [0, 0.05) is 0 Å². The highest BCUT2D eigenvalue weighted by Gasteiger charge is 2.28.